The molecule has 0 bridgehead atoms. The van der Waals surface area contributed by atoms with Gasteiger partial charge in [0.1, 0.15) is 0 Å². The van der Waals surface area contributed by atoms with E-state index in [1.165, 1.54) is 30.6 Å². The molecule has 2 aromatic rings. The summed E-state index contributed by atoms with van der Waals surface area (Å²) in [6.07, 6.45) is 5.09. The van der Waals surface area contributed by atoms with Gasteiger partial charge >= 0.3 is 0 Å². The van der Waals surface area contributed by atoms with Crippen LogP contribution in [0.4, 0.5) is 0 Å². The van der Waals surface area contributed by atoms with E-state index in [2.05, 4.69) is 40.8 Å². The van der Waals surface area contributed by atoms with Gasteiger partial charge in [-0.3, -0.25) is 9.47 Å². The second-order valence-electron chi connectivity index (χ2n) is 6.66. The first kappa shape index (κ1) is 14.6. The van der Waals surface area contributed by atoms with Gasteiger partial charge in [0.25, 0.3) is 0 Å². The van der Waals surface area contributed by atoms with Gasteiger partial charge < -0.3 is 0 Å². The maximum atomic E-state index is 5.76. The molecule has 2 fully saturated rings. The minimum atomic E-state index is 0.533. The maximum Gasteiger partial charge on any atom is 0.199 e. The summed E-state index contributed by atoms with van der Waals surface area (Å²) in [7, 11) is 0. The molecule has 0 amide bonds. The Hall–Kier alpha value is -0.980. The minimum absolute atomic E-state index is 0.533. The second-order valence-corrected chi connectivity index (χ2v) is 7.98. The molecule has 0 unspecified atom stereocenters. The molecule has 0 radical (unpaired) electrons. The molecule has 0 spiro atoms. The molecule has 22 heavy (non-hydrogen) atoms. The fraction of sp³-hybridized carbons (Fsp3) is 0.625. The van der Waals surface area contributed by atoms with Gasteiger partial charge in [-0.1, -0.05) is 6.07 Å². The largest absolute Gasteiger partial charge is 0.296 e. The third-order valence-electron chi connectivity index (χ3n) is 4.50. The highest BCUT2D eigenvalue weighted by Crippen LogP contribution is 2.39. The summed E-state index contributed by atoms with van der Waals surface area (Å²) in [6, 6.07) is 6.05. The maximum absolute atomic E-state index is 5.76. The monoisotopic (exact) mass is 334 g/mol. The Morgan fingerprint density at radius 2 is 2.14 bits per heavy atom. The van der Waals surface area contributed by atoms with E-state index in [0.29, 0.717) is 12.1 Å². The van der Waals surface area contributed by atoms with Crippen LogP contribution >= 0.6 is 23.6 Å². The van der Waals surface area contributed by atoms with Crippen molar-refractivity contribution in [1.82, 2.24) is 19.2 Å². The fourth-order valence-electron chi connectivity index (χ4n) is 3.01. The van der Waals surface area contributed by atoms with E-state index in [0.717, 1.165) is 23.3 Å². The zero-order chi connectivity index (χ0) is 15.3. The van der Waals surface area contributed by atoms with Crippen molar-refractivity contribution < 1.29 is 0 Å². The molecule has 6 heteroatoms. The predicted molar refractivity (Wildman–Crippen MR) is 92.6 cm³/mol. The summed E-state index contributed by atoms with van der Waals surface area (Å²) in [4.78, 5) is 3.75. The molecule has 0 N–H and O–H groups in total. The Balaban J connectivity index is 1.71. The van der Waals surface area contributed by atoms with E-state index in [4.69, 9.17) is 17.3 Å². The Labute approximate surface area is 140 Å². The Morgan fingerprint density at radius 1 is 1.36 bits per heavy atom. The first-order valence-electron chi connectivity index (χ1n) is 8.14. The van der Waals surface area contributed by atoms with Crippen LogP contribution < -0.4 is 0 Å². The SMILES string of the molecule is CC(C)N(Cn1nc(-c2cccs2)n(C2CC2)c1=S)C1CC1. The highest BCUT2D eigenvalue weighted by molar-refractivity contribution is 7.71. The zero-order valence-corrected chi connectivity index (χ0v) is 14.7. The molecule has 2 aliphatic carbocycles. The van der Waals surface area contributed by atoms with E-state index in [1.54, 1.807) is 11.3 Å². The van der Waals surface area contributed by atoms with E-state index in [9.17, 15) is 0 Å². The van der Waals surface area contributed by atoms with Crippen LogP contribution in [0.2, 0.25) is 0 Å². The Bertz CT molecular complexity index is 703. The summed E-state index contributed by atoms with van der Waals surface area (Å²) in [5, 5.41) is 7.00. The van der Waals surface area contributed by atoms with Crippen molar-refractivity contribution in [3.05, 3.63) is 22.3 Å². The normalized spacial score (nSPS) is 18.5. The predicted octanol–water partition coefficient (Wildman–Crippen LogP) is 4.31. The average Bonchev–Trinajstić information content (AvgIpc) is 3.41. The van der Waals surface area contributed by atoms with Gasteiger partial charge in [-0.15, -0.1) is 16.4 Å². The van der Waals surface area contributed by atoms with Crippen LogP contribution in [0.5, 0.6) is 0 Å². The van der Waals surface area contributed by atoms with Crippen molar-refractivity contribution in [2.24, 2.45) is 0 Å². The van der Waals surface area contributed by atoms with Crippen LogP contribution in [0.3, 0.4) is 0 Å². The second kappa shape index (κ2) is 5.58. The summed E-state index contributed by atoms with van der Waals surface area (Å²) >= 11 is 7.50. The molecular weight excluding hydrogens is 312 g/mol. The number of hydrogen-bond acceptors (Lipinski definition) is 4. The number of thiophene rings is 1. The lowest BCUT2D eigenvalue weighted by atomic mass is 10.3. The molecule has 0 atom stereocenters. The lowest BCUT2D eigenvalue weighted by molar-refractivity contribution is 0.152. The number of nitrogens with zero attached hydrogens (tertiary/aromatic N) is 4. The molecule has 2 saturated carbocycles. The van der Waals surface area contributed by atoms with E-state index >= 15 is 0 Å². The molecule has 118 valence electrons. The van der Waals surface area contributed by atoms with Crippen LogP contribution in [0.1, 0.15) is 45.6 Å². The highest BCUT2D eigenvalue weighted by Gasteiger charge is 2.33. The Kier molecular flexibility index (Phi) is 3.71. The zero-order valence-electron chi connectivity index (χ0n) is 13.1. The number of hydrogen-bond donors (Lipinski definition) is 0. The summed E-state index contributed by atoms with van der Waals surface area (Å²) < 4.78 is 5.21. The van der Waals surface area contributed by atoms with E-state index in [1.807, 2.05) is 4.68 Å². The molecule has 4 rings (SSSR count). The number of aromatic nitrogens is 3. The lowest BCUT2D eigenvalue weighted by Crippen LogP contribution is -2.35. The fourth-order valence-corrected chi connectivity index (χ4v) is 4.05. The molecule has 2 heterocycles. The van der Waals surface area contributed by atoms with Crippen LogP contribution in [0.25, 0.3) is 10.7 Å². The summed E-state index contributed by atoms with van der Waals surface area (Å²) in [5.41, 5.74) is 0. The third-order valence-corrected chi connectivity index (χ3v) is 5.77. The van der Waals surface area contributed by atoms with Gasteiger partial charge in [0.05, 0.1) is 11.5 Å². The van der Waals surface area contributed by atoms with Crippen molar-refractivity contribution >= 4 is 23.6 Å². The quantitative estimate of drug-likeness (QED) is 0.736. The molecule has 4 nitrogen and oxygen atoms in total. The van der Waals surface area contributed by atoms with Crippen LogP contribution in [0.15, 0.2) is 17.5 Å². The highest BCUT2D eigenvalue weighted by atomic mass is 32.1. The van der Waals surface area contributed by atoms with Crippen molar-refractivity contribution in [2.75, 3.05) is 0 Å². The first-order chi connectivity index (χ1) is 10.6. The Morgan fingerprint density at radius 3 is 2.68 bits per heavy atom. The lowest BCUT2D eigenvalue weighted by Gasteiger charge is -2.25. The third kappa shape index (κ3) is 2.68. The van der Waals surface area contributed by atoms with Gasteiger partial charge in [0.2, 0.25) is 0 Å². The minimum Gasteiger partial charge on any atom is -0.296 e. The van der Waals surface area contributed by atoms with E-state index < -0.39 is 0 Å². The molecule has 0 aromatic carbocycles. The van der Waals surface area contributed by atoms with Crippen molar-refractivity contribution in [3.8, 4) is 10.7 Å². The van der Waals surface area contributed by atoms with Gasteiger partial charge in [-0.05, 0) is 63.2 Å². The molecule has 2 aromatic heterocycles. The molecular formula is C16H22N4S2. The molecule has 2 aliphatic rings. The average molecular weight is 335 g/mol. The molecule has 0 saturated heterocycles. The van der Waals surface area contributed by atoms with Gasteiger partial charge in [-0.25, -0.2) is 4.68 Å². The van der Waals surface area contributed by atoms with Crippen LogP contribution in [-0.2, 0) is 6.67 Å². The summed E-state index contributed by atoms with van der Waals surface area (Å²) in [5.74, 6) is 1.06. The van der Waals surface area contributed by atoms with Crippen molar-refractivity contribution in [1.29, 1.82) is 0 Å². The topological polar surface area (TPSA) is 26.0 Å². The van der Waals surface area contributed by atoms with Crippen LogP contribution in [0, 0.1) is 4.77 Å². The van der Waals surface area contributed by atoms with Crippen molar-refractivity contribution in [2.45, 2.75) is 64.3 Å². The van der Waals surface area contributed by atoms with Gasteiger partial charge in [0.15, 0.2) is 10.6 Å². The summed E-state index contributed by atoms with van der Waals surface area (Å²) in [6.45, 7) is 5.35. The smallest absolute Gasteiger partial charge is 0.199 e. The number of rotatable bonds is 6. The molecule has 0 aliphatic heterocycles. The van der Waals surface area contributed by atoms with Gasteiger partial charge in [-0.2, -0.15) is 0 Å². The van der Waals surface area contributed by atoms with Crippen LogP contribution in [-0.4, -0.2) is 31.3 Å². The van der Waals surface area contributed by atoms with Gasteiger partial charge in [0, 0.05) is 18.1 Å². The first-order valence-corrected chi connectivity index (χ1v) is 9.43. The van der Waals surface area contributed by atoms with E-state index in [-0.39, 0.29) is 0 Å². The standard InChI is InChI=1S/C16H22N4S2/c1-11(2)18(12-5-6-12)10-19-16(21)20(13-7-8-13)15(17-19)14-4-3-9-22-14/h3-4,9,11-13H,5-8,10H2,1-2H3. The van der Waals surface area contributed by atoms with Crippen molar-refractivity contribution in [3.63, 3.8) is 0 Å².